The third kappa shape index (κ3) is 5.65. The van der Waals surface area contributed by atoms with E-state index in [0.717, 1.165) is 33.2 Å². The van der Waals surface area contributed by atoms with Crippen LogP contribution in [-0.4, -0.2) is 30.1 Å². The van der Waals surface area contributed by atoms with Crippen molar-refractivity contribution in [3.8, 4) is 0 Å². The molecule has 8 heteroatoms. The van der Waals surface area contributed by atoms with Crippen LogP contribution in [0.15, 0.2) is 77.6 Å². The zero-order valence-electron chi connectivity index (χ0n) is 22.9. The molecule has 0 spiro atoms. The molecule has 0 aliphatic heterocycles. The second kappa shape index (κ2) is 10.8. The van der Waals surface area contributed by atoms with E-state index < -0.39 is 11.6 Å². The highest BCUT2D eigenvalue weighted by atomic mass is 35.5. The van der Waals surface area contributed by atoms with Crippen molar-refractivity contribution < 1.29 is 0 Å². The minimum atomic E-state index is -0.551. The van der Waals surface area contributed by atoms with Crippen molar-refractivity contribution in [3.63, 3.8) is 0 Å². The van der Waals surface area contributed by atoms with Crippen LogP contribution in [0.25, 0.3) is 10.9 Å². The Labute approximate surface area is 233 Å². The Morgan fingerprint density at radius 1 is 0.974 bits per heavy atom. The van der Waals surface area contributed by atoms with Crippen molar-refractivity contribution >= 4 is 22.5 Å². The number of aromatic amines is 1. The number of rotatable bonds is 7. The quantitative estimate of drug-likeness (QED) is 0.261. The molecule has 0 saturated carbocycles. The van der Waals surface area contributed by atoms with Crippen molar-refractivity contribution in [1.82, 2.24) is 30.1 Å². The number of H-pyrrole nitrogens is 1. The summed E-state index contributed by atoms with van der Waals surface area (Å²) >= 11 is 6.65. The van der Waals surface area contributed by atoms with Gasteiger partial charge in [-0.1, -0.05) is 71.8 Å². The average molecular weight is 541 g/mol. The number of halogens is 1. The maximum absolute atomic E-state index is 13.9. The van der Waals surface area contributed by atoms with Crippen LogP contribution in [-0.2, 0) is 18.6 Å². The lowest BCUT2D eigenvalue weighted by Gasteiger charge is -2.33. The number of aryl methyl sites for hydroxylation is 2. The van der Waals surface area contributed by atoms with Gasteiger partial charge in [0, 0.05) is 23.7 Å². The number of aromatic nitrogens is 5. The number of tetrazole rings is 1. The van der Waals surface area contributed by atoms with E-state index in [9.17, 15) is 4.79 Å². The molecule has 5 rings (SSSR count). The van der Waals surface area contributed by atoms with Crippen molar-refractivity contribution in [2.24, 2.45) is 0 Å². The molecule has 200 valence electrons. The third-order valence-corrected chi connectivity index (χ3v) is 7.28. The number of nitrogens with one attached hydrogen (secondary N) is 1. The maximum atomic E-state index is 13.9. The van der Waals surface area contributed by atoms with Crippen LogP contribution >= 0.6 is 11.6 Å². The van der Waals surface area contributed by atoms with Crippen LogP contribution in [0.4, 0.5) is 0 Å². The summed E-state index contributed by atoms with van der Waals surface area (Å²) in [5.41, 5.74) is 5.07. The zero-order valence-corrected chi connectivity index (χ0v) is 23.7. The average Bonchev–Trinajstić information content (AvgIpc) is 3.37. The first-order valence-electron chi connectivity index (χ1n) is 13.1. The largest absolute Gasteiger partial charge is 0.321 e. The van der Waals surface area contributed by atoms with Crippen LogP contribution in [0.2, 0.25) is 5.02 Å². The smallest absolute Gasteiger partial charge is 0.253 e. The molecule has 0 aliphatic rings. The van der Waals surface area contributed by atoms with Crippen LogP contribution in [0.5, 0.6) is 0 Å². The van der Waals surface area contributed by atoms with Gasteiger partial charge in [-0.2, -0.15) is 0 Å². The number of hydrogen-bond acceptors (Lipinski definition) is 5. The van der Waals surface area contributed by atoms with Gasteiger partial charge in [0.15, 0.2) is 5.82 Å². The molecule has 0 radical (unpaired) electrons. The Balaban J connectivity index is 1.76. The Bertz CT molecular complexity index is 1670. The molecule has 0 fully saturated rings. The Morgan fingerprint density at radius 3 is 2.41 bits per heavy atom. The predicted molar refractivity (Wildman–Crippen MR) is 156 cm³/mol. The third-order valence-electron chi connectivity index (χ3n) is 6.92. The number of hydrogen-bond donors (Lipinski definition) is 1. The molecule has 0 aliphatic carbocycles. The van der Waals surface area contributed by atoms with Crippen LogP contribution in [0, 0.1) is 13.8 Å². The molecule has 3 aromatic carbocycles. The fourth-order valence-electron chi connectivity index (χ4n) is 5.15. The predicted octanol–water partition coefficient (Wildman–Crippen LogP) is 6.33. The molecule has 0 amide bonds. The van der Waals surface area contributed by atoms with Gasteiger partial charge in [0.2, 0.25) is 0 Å². The zero-order chi connectivity index (χ0) is 27.7. The summed E-state index contributed by atoms with van der Waals surface area (Å²) in [4.78, 5) is 19.2. The van der Waals surface area contributed by atoms with Gasteiger partial charge in [-0.3, -0.25) is 9.69 Å². The van der Waals surface area contributed by atoms with Crippen molar-refractivity contribution in [1.29, 1.82) is 0 Å². The summed E-state index contributed by atoms with van der Waals surface area (Å²) < 4.78 is 1.81. The van der Waals surface area contributed by atoms with E-state index in [-0.39, 0.29) is 5.56 Å². The molecule has 5 aromatic rings. The maximum Gasteiger partial charge on any atom is 0.253 e. The minimum Gasteiger partial charge on any atom is -0.321 e. The molecule has 39 heavy (non-hydrogen) atoms. The van der Waals surface area contributed by atoms with E-state index in [4.69, 9.17) is 11.6 Å². The Morgan fingerprint density at radius 2 is 1.69 bits per heavy atom. The van der Waals surface area contributed by atoms with Gasteiger partial charge in [-0.25, -0.2) is 4.68 Å². The second-order valence-corrected chi connectivity index (χ2v) is 11.5. The fourth-order valence-corrected chi connectivity index (χ4v) is 5.35. The molecule has 0 saturated heterocycles. The van der Waals surface area contributed by atoms with E-state index >= 15 is 0 Å². The molecular formula is C31H33ClN6O. The van der Waals surface area contributed by atoms with Gasteiger partial charge in [0.1, 0.15) is 6.04 Å². The number of benzene rings is 3. The molecule has 1 N–H and O–H groups in total. The molecule has 2 aromatic heterocycles. The van der Waals surface area contributed by atoms with Gasteiger partial charge < -0.3 is 4.98 Å². The summed E-state index contributed by atoms with van der Waals surface area (Å²) in [5, 5.41) is 14.6. The normalized spacial score (nSPS) is 12.8. The monoisotopic (exact) mass is 540 g/mol. The summed E-state index contributed by atoms with van der Waals surface area (Å²) in [6.07, 6.45) is 0. The number of nitrogens with zero attached hydrogens (tertiary/aromatic N) is 5. The topological polar surface area (TPSA) is 79.7 Å². The van der Waals surface area contributed by atoms with E-state index in [1.54, 1.807) is 0 Å². The van der Waals surface area contributed by atoms with Gasteiger partial charge in [-0.15, -0.1) is 5.10 Å². The lowest BCUT2D eigenvalue weighted by Crippen LogP contribution is -2.37. The Hall–Kier alpha value is -3.81. The first kappa shape index (κ1) is 26.8. The SMILES string of the molecule is Cc1cc(C)c2[nH]c(=O)c([C@@H](c3nnnn3C(C)(C)C)N(Cc3ccccc3)Cc3ccccc3Cl)cc2c1. The molecule has 1 atom stereocenters. The molecule has 0 unspecified atom stereocenters. The van der Waals surface area contributed by atoms with Crippen LogP contribution in [0.1, 0.15) is 60.5 Å². The highest BCUT2D eigenvalue weighted by Crippen LogP contribution is 2.33. The molecule has 0 bridgehead atoms. The molecular weight excluding hydrogens is 508 g/mol. The van der Waals surface area contributed by atoms with Crippen molar-refractivity contribution in [3.05, 3.63) is 122 Å². The van der Waals surface area contributed by atoms with E-state index in [1.807, 2.05) is 60.1 Å². The van der Waals surface area contributed by atoms with E-state index in [0.29, 0.717) is 29.5 Å². The molecule has 2 heterocycles. The van der Waals surface area contributed by atoms with Crippen LogP contribution < -0.4 is 5.56 Å². The summed E-state index contributed by atoms with van der Waals surface area (Å²) in [6, 6.07) is 23.6. The Kier molecular flexibility index (Phi) is 7.38. The lowest BCUT2D eigenvalue weighted by molar-refractivity contribution is 0.184. The van der Waals surface area contributed by atoms with Gasteiger partial charge >= 0.3 is 0 Å². The van der Waals surface area contributed by atoms with E-state index in [1.165, 1.54) is 0 Å². The minimum absolute atomic E-state index is 0.167. The number of pyridine rings is 1. The van der Waals surface area contributed by atoms with Crippen LogP contribution in [0.3, 0.4) is 0 Å². The fraction of sp³-hybridized carbons (Fsp3) is 0.290. The first-order valence-corrected chi connectivity index (χ1v) is 13.4. The lowest BCUT2D eigenvalue weighted by atomic mass is 9.98. The standard InChI is InChI=1S/C31H33ClN6O/c1-20-15-21(2)27-24(16-20)17-25(30(39)33-27)28(29-34-35-36-38(29)31(3,4)5)37(18-22-11-7-6-8-12-22)19-23-13-9-10-14-26(23)32/h6-17,28H,18-19H2,1-5H3,(H,33,39)/t28-/m0/s1. The number of fused-ring (bicyclic) bond motifs is 1. The highest BCUT2D eigenvalue weighted by Gasteiger charge is 2.34. The van der Waals surface area contributed by atoms with Gasteiger partial charge in [0.25, 0.3) is 5.56 Å². The summed E-state index contributed by atoms with van der Waals surface area (Å²) in [7, 11) is 0. The van der Waals surface area contributed by atoms with Crippen molar-refractivity contribution in [2.45, 2.75) is 59.3 Å². The van der Waals surface area contributed by atoms with Gasteiger partial charge in [0.05, 0.1) is 11.1 Å². The summed E-state index contributed by atoms with van der Waals surface area (Å²) in [5.74, 6) is 0.597. The second-order valence-electron chi connectivity index (χ2n) is 11.1. The molecule has 7 nitrogen and oxygen atoms in total. The van der Waals surface area contributed by atoms with E-state index in [2.05, 4.69) is 77.4 Å². The highest BCUT2D eigenvalue weighted by molar-refractivity contribution is 6.31. The summed E-state index contributed by atoms with van der Waals surface area (Å²) in [6.45, 7) is 11.3. The van der Waals surface area contributed by atoms with Crippen molar-refractivity contribution in [2.75, 3.05) is 0 Å². The van der Waals surface area contributed by atoms with Gasteiger partial charge in [-0.05, 0) is 85.3 Å². The first-order chi connectivity index (χ1) is 18.6.